The highest BCUT2D eigenvalue weighted by molar-refractivity contribution is 6.30. The lowest BCUT2D eigenvalue weighted by atomic mass is 9.71. The van der Waals surface area contributed by atoms with Gasteiger partial charge in [-0.15, -0.1) is 6.58 Å². The summed E-state index contributed by atoms with van der Waals surface area (Å²) < 4.78 is 1.64. The van der Waals surface area contributed by atoms with Crippen LogP contribution in [0.2, 0.25) is 5.02 Å². The molecular weight excluding hydrogens is 400 g/mol. The van der Waals surface area contributed by atoms with Crippen LogP contribution in [-0.2, 0) is 15.0 Å². The number of rotatable bonds is 3. The molecule has 0 aliphatic carbocycles. The number of hydrogen-bond acceptors (Lipinski definition) is 3. The summed E-state index contributed by atoms with van der Waals surface area (Å²) in [7, 11) is 0. The molecule has 7 heteroatoms. The van der Waals surface area contributed by atoms with Crippen LogP contribution in [0.1, 0.15) is 23.1 Å². The summed E-state index contributed by atoms with van der Waals surface area (Å²) in [4.78, 5) is 28.3. The lowest BCUT2D eigenvalue weighted by molar-refractivity contribution is -0.126. The molecule has 0 bridgehead atoms. The fourth-order valence-electron chi connectivity index (χ4n) is 4.49. The minimum atomic E-state index is -1.10. The molecule has 1 N–H and O–H groups in total. The van der Waals surface area contributed by atoms with E-state index in [-0.39, 0.29) is 18.2 Å². The standard InChI is InChI=1S/C23H19ClN4O2/c1-3-10-27-19-9-4-14(2)11-17(19)23(22(27)30)12-20(29)26-21-18(23)13-25-28(21)16-7-5-15(24)6-8-16/h3-9,11,13H,1,10,12H2,2H3,(H,26,29). The van der Waals surface area contributed by atoms with Gasteiger partial charge in [0.1, 0.15) is 11.2 Å². The number of halogens is 1. The first-order valence-corrected chi connectivity index (χ1v) is 10.0. The normalized spacial score (nSPS) is 19.6. The number of aryl methyl sites for hydroxylation is 1. The molecule has 1 atom stereocenters. The molecule has 0 fully saturated rings. The van der Waals surface area contributed by atoms with Crippen molar-refractivity contribution in [2.45, 2.75) is 18.8 Å². The van der Waals surface area contributed by atoms with Crippen molar-refractivity contribution >= 4 is 34.9 Å². The largest absolute Gasteiger partial charge is 0.310 e. The van der Waals surface area contributed by atoms with E-state index in [2.05, 4.69) is 17.0 Å². The predicted molar refractivity (Wildman–Crippen MR) is 116 cm³/mol. The van der Waals surface area contributed by atoms with Gasteiger partial charge in [-0.3, -0.25) is 9.59 Å². The van der Waals surface area contributed by atoms with Crippen LogP contribution < -0.4 is 10.2 Å². The van der Waals surface area contributed by atoms with E-state index in [9.17, 15) is 9.59 Å². The van der Waals surface area contributed by atoms with Crippen molar-refractivity contribution in [2.75, 3.05) is 16.8 Å². The molecule has 2 aromatic carbocycles. The van der Waals surface area contributed by atoms with E-state index >= 15 is 0 Å². The van der Waals surface area contributed by atoms with Crippen molar-refractivity contribution in [3.8, 4) is 5.69 Å². The number of hydrogen-bond donors (Lipinski definition) is 1. The zero-order valence-electron chi connectivity index (χ0n) is 16.4. The summed E-state index contributed by atoms with van der Waals surface area (Å²) in [5, 5.41) is 8.05. The monoisotopic (exact) mass is 418 g/mol. The fraction of sp³-hybridized carbons (Fsp3) is 0.174. The second-order valence-electron chi connectivity index (χ2n) is 7.65. The molecule has 150 valence electrons. The molecule has 6 nitrogen and oxygen atoms in total. The van der Waals surface area contributed by atoms with Crippen LogP contribution in [0.5, 0.6) is 0 Å². The highest BCUT2D eigenvalue weighted by Crippen LogP contribution is 2.52. The maximum atomic E-state index is 13.8. The molecule has 1 spiro atoms. The van der Waals surface area contributed by atoms with Crippen molar-refractivity contribution in [1.29, 1.82) is 0 Å². The van der Waals surface area contributed by atoms with Gasteiger partial charge in [-0.25, -0.2) is 4.68 Å². The van der Waals surface area contributed by atoms with Crippen molar-refractivity contribution in [2.24, 2.45) is 0 Å². The predicted octanol–water partition coefficient (Wildman–Crippen LogP) is 4.00. The van der Waals surface area contributed by atoms with Gasteiger partial charge in [0.15, 0.2) is 0 Å². The Morgan fingerprint density at radius 3 is 2.70 bits per heavy atom. The Morgan fingerprint density at radius 1 is 1.20 bits per heavy atom. The van der Waals surface area contributed by atoms with Gasteiger partial charge < -0.3 is 10.2 Å². The van der Waals surface area contributed by atoms with Gasteiger partial charge in [0.05, 0.1) is 11.9 Å². The molecule has 3 heterocycles. The summed E-state index contributed by atoms with van der Waals surface area (Å²) in [5.74, 6) is 0.157. The van der Waals surface area contributed by atoms with Crippen molar-refractivity contribution in [1.82, 2.24) is 9.78 Å². The molecular formula is C23H19ClN4O2. The van der Waals surface area contributed by atoms with E-state index in [1.807, 2.05) is 37.3 Å². The summed E-state index contributed by atoms with van der Waals surface area (Å²) in [6, 6.07) is 13.1. The average molecular weight is 419 g/mol. The molecule has 0 radical (unpaired) electrons. The average Bonchev–Trinajstić information content (AvgIpc) is 3.23. The van der Waals surface area contributed by atoms with Crippen LogP contribution in [-0.4, -0.2) is 28.1 Å². The van der Waals surface area contributed by atoms with E-state index in [1.165, 1.54) is 0 Å². The molecule has 3 aromatic rings. The van der Waals surface area contributed by atoms with Crippen LogP contribution in [0.15, 0.2) is 61.3 Å². The van der Waals surface area contributed by atoms with Crippen LogP contribution >= 0.6 is 11.6 Å². The minimum absolute atomic E-state index is 0.0369. The highest BCUT2D eigenvalue weighted by Gasteiger charge is 2.57. The summed E-state index contributed by atoms with van der Waals surface area (Å²) >= 11 is 6.02. The fourth-order valence-corrected chi connectivity index (χ4v) is 4.62. The molecule has 1 unspecified atom stereocenters. The quantitative estimate of drug-likeness (QED) is 0.654. The Labute approximate surface area is 178 Å². The highest BCUT2D eigenvalue weighted by atomic mass is 35.5. The van der Waals surface area contributed by atoms with Crippen LogP contribution in [0, 0.1) is 6.92 Å². The Kier molecular flexibility index (Phi) is 4.08. The zero-order valence-corrected chi connectivity index (χ0v) is 17.1. The topological polar surface area (TPSA) is 67.2 Å². The van der Waals surface area contributed by atoms with E-state index in [0.29, 0.717) is 22.9 Å². The van der Waals surface area contributed by atoms with Gasteiger partial charge in [0.2, 0.25) is 11.8 Å². The third kappa shape index (κ3) is 2.47. The third-order valence-corrected chi connectivity index (χ3v) is 6.06. The van der Waals surface area contributed by atoms with Crippen molar-refractivity contribution < 1.29 is 9.59 Å². The summed E-state index contributed by atoms with van der Waals surface area (Å²) in [6.45, 7) is 6.15. The van der Waals surface area contributed by atoms with Gasteiger partial charge in [-0.05, 0) is 42.8 Å². The molecule has 2 amide bonds. The van der Waals surface area contributed by atoms with Crippen LogP contribution in [0.4, 0.5) is 11.5 Å². The smallest absolute Gasteiger partial charge is 0.243 e. The van der Waals surface area contributed by atoms with E-state index in [4.69, 9.17) is 11.6 Å². The Hall–Kier alpha value is -3.38. The van der Waals surface area contributed by atoms with E-state index in [0.717, 1.165) is 22.5 Å². The van der Waals surface area contributed by atoms with E-state index < -0.39 is 5.41 Å². The van der Waals surface area contributed by atoms with Gasteiger partial charge in [-0.2, -0.15) is 5.10 Å². The zero-order chi connectivity index (χ0) is 21.0. The molecule has 0 saturated carbocycles. The maximum Gasteiger partial charge on any atom is 0.243 e. The third-order valence-electron chi connectivity index (χ3n) is 5.81. The number of carbonyl (C=O) groups is 2. The summed E-state index contributed by atoms with van der Waals surface area (Å²) in [6.07, 6.45) is 3.42. The Bertz CT molecular complexity index is 1210. The second-order valence-corrected chi connectivity index (χ2v) is 8.09. The number of amides is 2. The van der Waals surface area contributed by atoms with Crippen LogP contribution in [0.25, 0.3) is 5.69 Å². The van der Waals surface area contributed by atoms with Gasteiger partial charge in [0, 0.05) is 29.2 Å². The first kappa shape index (κ1) is 18.6. The molecule has 2 aliphatic heterocycles. The van der Waals surface area contributed by atoms with Crippen LogP contribution in [0.3, 0.4) is 0 Å². The molecule has 0 saturated heterocycles. The summed E-state index contributed by atoms with van der Waals surface area (Å²) in [5.41, 5.74) is 3.01. The lowest BCUT2D eigenvalue weighted by Crippen LogP contribution is -2.46. The first-order chi connectivity index (χ1) is 14.5. The molecule has 5 rings (SSSR count). The number of aromatic nitrogens is 2. The number of benzene rings is 2. The Morgan fingerprint density at radius 2 is 1.97 bits per heavy atom. The number of nitrogens with one attached hydrogen (secondary N) is 1. The second kappa shape index (κ2) is 6.57. The first-order valence-electron chi connectivity index (χ1n) is 9.64. The number of anilines is 2. The number of nitrogens with zero attached hydrogens (tertiary/aromatic N) is 3. The van der Waals surface area contributed by atoms with Gasteiger partial charge in [-0.1, -0.05) is 35.4 Å². The molecule has 2 aliphatic rings. The van der Waals surface area contributed by atoms with E-state index in [1.54, 1.807) is 34.0 Å². The maximum absolute atomic E-state index is 13.8. The molecule has 1 aromatic heterocycles. The number of fused-ring (bicyclic) bond motifs is 4. The Balaban J connectivity index is 1.76. The van der Waals surface area contributed by atoms with Gasteiger partial charge >= 0.3 is 0 Å². The molecule has 30 heavy (non-hydrogen) atoms. The SMILES string of the molecule is C=CCN1C(=O)C2(CC(=O)Nc3c2cnn3-c2ccc(Cl)cc2)c2cc(C)ccc21. The van der Waals surface area contributed by atoms with Crippen molar-refractivity contribution in [3.63, 3.8) is 0 Å². The number of carbonyl (C=O) groups excluding carboxylic acids is 2. The minimum Gasteiger partial charge on any atom is -0.310 e. The lowest BCUT2D eigenvalue weighted by Gasteiger charge is -2.32. The van der Waals surface area contributed by atoms with Crippen molar-refractivity contribution in [3.05, 3.63) is 83.0 Å². The van der Waals surface area contributed by atoms with Gasteiger partial charge in [0.25, 0.3) is 0 Å².